The molecule has 6 rings (SSSR count). The van der Waals surface area contributed by atoms with Gasteiger partial charge in [-0.25, -0.2) is 4.98 Å². The molecule has 0 radical (unpaired) electrons. The van der Waals surface area contributed by atoms with Gasteiger partial charge in [-0.3, -0.25) is 9.36 Å². The molecule has 2 aliphatic heterocycles. The van der Waals surface area contributed by atoms with Crippen molar-refractivity contribution < 1.29 is 4.79 Å². The first-order chi connectivity index (χ1) is 14.1. The van der Waals surface area contributed by atoms with E-state index in [1.807, 2.05) is 49.5 Å². The second kappa shape index (κ2) is 5.47. The molecule has 5 heteroatoms. The van der Waals surface area contributed by atoms with E-state index < -0.39 is 5.66 Å². The van der Waals surface area contributed by atoms with Gasteiger partial charge in [0, 0.05) is 23.9 Å². The van der Waals surface area contributed by atoms with Crippen LogP contribution in [0.25, 0.3) is 22.4 Å². The minimum atomic E-state index is -1.05. The molecule has 3 heterocycles. The van der Waals surface area contributed by atoms with Gasteiger partial charge >= 0.3 is 0 Å². The molecule has 4 aromatic rings. The lowest BCUT2D eigenvalue weighted by Crippen LogP contribution is -2.52. The Hall–Kier alpha value is -3.60. The van der Waals surface area contributed by atoms with Crippen LogP contribution in [0.4, 0.5) is 11.4 Å². The van der Waals surface area contributed by atoms with Crippen LogP contribution in [0, 0.1) is 0 Å². The van der Waals surface area contributed by atoms with E-state index in [-0.39, 0.29) is 5.91 Å². The second-order valence-corrected chi connectivity index (χ2v) is 7.71. The molecule has 0 saturated carbocycles. The zero-order chi connectivity index (χ0) is 19.8. The zero-order valence-electron chi connectivity index (χ0n) is 16.3. The Kier molecular flexibility index (Phi) is 3.09. The summed E-state index contributed by atoms with van der Waals surface area (Å²) in [5.74, 6) is 0.816. The van der Waals surface area contributed by atoms with Crippen molar-refractivity contribution in [3.8, 4) is 11.4 Å². The average Bonchev–Trinajstić information content (AvgIpc) is 3.25. The van der Waals surface area contributed by atoms with Crippen molar-refractivity contribution in [1.82, 2.24) is 9.55 Å². The highest BCUT2D eigenvalue weighted by Crippen LogP contribution is 2.50. The van der Waals surface area contributed by atoms with Crippen LogP contribution in [-0.4, -0.2) is 22.5 Å². The van der Waals surface area contributed by atoms with Crippen LogP contribution in [0.1, 0.15) is 18.1 Å². The normalized spacial score (nSPS) is 19.2. The van der Waals surface area contributed by atoms with Gasteiger partial charge in [0.2, 0.25) is 5.66 Å². The molecule has 3 aromatic carbocycles. The van der Waals surface area contributed by atoms with Crippen LogP contribution in [0.3, 0.4) is 0 Å². The lowest BCUT2D eigenvalue weighted by Gasteiger charge is -2.38. The summed E-state index contributed by atoms with van der Waals surface area (Å²) < 4.78 is 2.09. The number of nitrogens with zero attached hydrogens (tertiary/aromatic N) is 3. The lowest BCUT2D eigenvalue weighted by atomic mass is 9.93. The van der Waals surface area contributed by atoms with Crippen LogP contribution < -0.4 is 10.2 Å². The number of hydrogen-bond acceptors (Lipinski definition) is 3. The molecule has 5 nitrogen and oxygen atoms in total. The molecule has 142 valence electrons. The number of aryl methyl sites for hydroxylation is 1. The highest BCUT2D eigenvalue weighted by Gasteiger charge is 2.55. The second-order valence-electron chi connectivity index (χ2n) is 7.71. The molecule has 0 unspecified atom stereocenters. The third kappa shape index (κ3) is 1.89. The molecule has 0 saturated heterocycles. The van der Waals surface area contributed by atoms with E-state index in [1.54, 1.807) is 4.90 Å². The van der Waals surface area contributed by atoms with Gasteiger partial charge in [-0.1, -0.05) is 37.3 Å². The largest absolute Gasteiger partial charge is 0.350 e. The van der Waals surface area contributed by atoms with Crippen LogP contribution in [0.5, 0.6) is 0 Å². The number of rotatable bonds is 1. The highest BCUT2D eigenvalue weighted by atomic mass is 16.2. The van der Waals surface area contributed by atoms with Crippen LogP contribution in [0.2, 0.25) is 0 Å². The molecular weight excluding hydrogens is 360 g/mol. The Bertz CT molecular complexity index is 1320. The number of imidazole rings is 1. The summed E-state index contributed by atoms with van der Waals surface area (Å²) in [5, 5.41) is 3.63. The number of fused-ring (bicyclic) bond motifs is 8. The number of amides is 1. The van der Waals surface area contributed by atoms with Crippen molar-refractivity contribution in [2.75, 3.05) is 17.3 Å². The minimum absolute atomic E-state index is 0.000316. The van der Waals surface area contributed by atoms with Gasteiger partial charge in [-0.05, 0) is 48.4 Å². The van der Waals surface area contributed by atoms with Crippen molar-refractivity contribution in [2.45, 2.75) is 19.0 Å². The standard InChI is InChI=1S/C24H20N4O/c1-3-15-12-13-20-17(14-15)24(23(29)27(20)2)26-18-9-5-4-8-16(18)22-25-19-10-6-7-11-21(19)28(22)24/h4-14,26H,3H2,1-2H3/t24-/m0/s1. The van der Waals surface area contributed by atoms with Gasteiger partial charge in [-0.2, -0.15) is 0 Å². The molecule has 1 spiro atoms. The van der Waals surface area contributed by atoms with E-state index in [1.165, 1.54) is 5.56 Å². The number of para-hydroxylation sites is 3. The molecule has 0 fully saturated rings. The summed E-state index contributed by atoms with van der Waals surface area (Å²) in [6.07, 6.45) is 0.912. The van der Waals surface area contributed by atoms with Crippen LogP contribution in [-0.2, 0) is 16.9 Å². The quantitative estimate of drug-likeness (QED) is 0.534. The summed E-state index contributed by atoms with van der Waals surface area (Å²) in [5.41, 5.74) is 5.83. The monoisotopic (exact) mass is 380 g/mol. The molecule has 2 aliphatic rings. The van der Waals surface area contributed by atoms with E-state index in [0.29, 0.717) is 0 Å². The first-order valence-corrected chi connectivity index (χ1v) is 9.92. The van der Waals surface area contributed by atoms with Gasteiger partial charge in [0.1, 0.15) is 5.82 Å². The predicted molar refractivity (Wildman–Crippen MR) is 115 cm³/mol. The number of carbonyl (C=O) groups is 1. The fraction of sp³-hybridized carbons (Fsp3) is 0.167. The van der Waals surface area contributed by atoms with Crippen LogP contribution in [0.15, 0.2) is 66.7 Å². The van der Waals surface area contributed by atoms with Gasteiger partial charge in [0.05, 0.1) is 16.7 Å². The predicted octanol–water partition coefficient (Wildman–Crippen LogP) is 4.37. The zero-order valence-corrected chi connectivity index (χ0v) is 16.3. The third-order valence-electron chi connectivity index (χ3n) is 6.21. The minimum Gasteiger partial charge on any atom is -0.350 e. The Balaban J connectivity index is 1.78. The summed E-state index contributed by atoms with van der Waals surface area (Å²) in [7, 11) is 1.85. The summed E-state index contributed by atoms with van der Waals surface area (Å²) in [4.78, 5) is 20.6. The number of aromatic nitrogens is 2. The maximum atomic E-state index is 13.9. The third-order valence-corrected chi connectivity index (χ3v) is 6.21. The van der Waals surface area contributed by atoms with Crippen LogP contribution >= 0.6 is 0 Å². The van der Waals surface area contributed by atoms with Gasteiger partial charge in [0.25, 0.3) is 5.91 Å². The number of likely N-dealkylation sites (N-methyl/N-ethyl adjacent to an activating group) is 1. The fourth-order valence-corrected chi connectivity index (χ4v) is 4.77. The summed E-state index contributed by atoms with van der Waals surface area (Å²) >= 11 is 0. The van der Waals surface area contributed by atoms with Gasteiger partial charge < -0.3 is 10.2 Å². The van der Waals surface area contributed by atoms with Crippen molar-refractivity contribution in [3.05, 3.63) is 77.9 Å². The smallest absolute Gasteiger partial charge is 0.278 e. The molecule has 1 atom stereocenters. The average molecular weight is 380 g/mol. The molecule has 1 amide bonds. The van der Waals surface area contributed by atoms with Gasteiger partial charge in [0.15, 0.2) is 0 Å². The molecule has 0 aliphatic carbocycles. The Morgan fingerprint density at radius 1 is 1.03 bits per heavy atom. The highest BCUT2D eigenvalue weighted by molar-refractivity contribution is 6.11. The first kappa shape index (κ1) is 16.4. The number of nitrogens with one attached hydrogen (secondary N) is 1. The SMILES string of the molecule is CCc1ccc2c(c1)[C@@]1(Nc3ccccc3-c3nc4ccccc4n31)C(=O)N2C. The molecular formula is C24H20N4O. The molecule has 1 N–H and O–H groups in total. The first-order valence-electron chi connectivity index (χ1n) is 9.92. The van der Waals surface area contributed by atoms with E-state index in [4.69, 9.17) is 4.98 Å². The maximum absolute atomic E-state index is 13.9. The van der Waals surface area contributed by atoms with E-state index in [2.05, 4.69) is 41.1 Å². The molecule has 1 aromatic heterocycles. The number of hydrogen-bond donors (Lipinski definition) is 1. The summed E-state index contributed by atoms with van der Waals surface area (Å²) in [6, 6.07) is 22.4. The van der Waals surface area contributed by atoms with Crippen molar-refractivity contribution in [1.29, 1.82) is 0 Å². The number of anilines is 2. The van der Waals surface area contributed by atoms with Crippen molar-refractivity contribution in [3.63, 3.8) is 0 Å². The number of carbonyl (C=O) groups excluding carboxylic acids is 1. The van der Waals surface area contributed by atoms with Gasteiger partial charge in [-0.15, -0.1) is 0 Å². The molecule has 0 bridgehead atoms. The Morgan fingerprint density at radius 3 is 2.69 bits per heavy atom. The number of benzene rings is 3. The van der Waals surface area contributed by atoms with Crippen molar-refractivity contribution in [2.24, 2.45) is 0 Å². The molecule has 29 heavy (non-hydrogen) atoms. The van der Waals surface area contributed by atoms with E-state index in [9.17, 15) is 4.79 Å². The lowest BCUT2D eigenvalue weighted by molar-refractivity contribution is -0.122. The van der Waals surface area contributed by atoms with E-state index in [0.717, 1.165) is 45.8 Å². The summed E-state index contributed by atoms with van der Waals surface area (Å²) in [6.45, 7) is 2.14. The Morgan fingerprint density at radius 2 is 1.83 bits per heavy atom. The fourth-order valence-electron chi connectivity index (χ4n) is 4.77. The van der Waals surface area contributed by atoms with Crippen molar-refractivity contribution >= 4 is 28.3 Å². The Labute approximate surface area is 168 Å². The topological polar surface area (TPSA) is 50.2 Å². The van der Waals surface area contributed by atoms with E-state index >= 15 is 0 Å². The maximum Gasteiger partial charge on any atom is 0.278 e.